The van der Waals surface area contributed by atoms with Gasteiger partial charge in [0.05, 0.1) is 5.56 Å². The summed E-state index contributed by atoms with van der Waals surface area (Å²) in [6.07, 6.45) is 6.20. The zero-order valence-corrected chi connectivity index (χ0v) is 13.1. The number of aryl methyl sites for hydroxylation is 1. The van der Waals surface area contributed by atoms with Gasteiger partial charge >= 0.3 is 5.97 Å². The van der Waals surface area contributed by atoms with Gasteiger partial charge in [-0.3, -0.25) is 0 Å². The van der Waals surface area contributed by atoms with Crippen molar-refractivity contribution in [1.82, 2.24) is 0 Å². The van der Waals surface area contributed by atoms with E-state index in [4.69, 9.17) is 5.73 Å². The van der Waals surface area contributed by atoms with E-state index in [2.05, 4.69) is 11.8 Å². The van der Waals surface area contributed by atoms with Crippen molar-refractivity contribution in [3.63, 3.8) is 0 Å². The number of anilines is 2. The predicted octanol–water partition coefficient (Wildman–Crippen LogP) is 3.68. The fourth-order valence-electron chi connectivity index (χ4n) is 3.26. The Morgan fingerprint density at radius 3 is 2.81 bits per heavy atom. The normalized spacial score (nSPS) is 19.3. The van der Waals surface area contributed by atoms with Gasteiger partial charge in [-0.25, -0.2) is 4.79 Å². The molecule has 1 aliphatic heterocycles. The number of nitrogens with two attached hydrogens (primary N) is 1. The molecule has 1 saturated heterocycles. The summed E-state index contributed by atoms with van der Waals surface area (Å²) in [5.41, 5.74) is 8.32. The number of aromatic carboxylic acids is 1. The van der Waals surface area contributed by atoms with Crippen LogP contribution >= 0.6 is 0 Å². The van der Waals surface area contributed by atoms with Crippen LogP contribution in [0, 0.1) is 12.8 Å². The maximum absolute atomic E-state index is 11.3. The Hall–Kier alpha value is -1.71. The highest BCUT2D eigenvalue weighted by Crippen LogP contribution is 2.29. The smallest absolute Gasteiger partial charge is 0.337 e. The summed E-state index contributed by atoms with van der Waals surface area (Å²) < 4.78 is 0. The second-order valence-corrected chi connectivity index (χ2v) is 6.10. The molecule has 3 N–H and O–H groups in total. The molecule has 4 heteroatoms. The summed E-state index contributed by atoms with van der Waals surface area (Å²) in [5.74, 6) is -0.134. The maximum Gasteiger partial charge on any atom is 0.337 e. The van der Waals surface area contributed by atoms with Crippen LogP contribution < -0.4 is 10.6 Å². The first-order valence-corrected chi connectivity index (χ1v) is 7.91. The Morgan fingerprint density at radius 2 is 2.14 bits per heavy atom. The van der Waals surface area contributed by atoms with Crippen LogP contribution in [0.1, 0.15) is 54.9 Å². The van der Waals surface area contributed by atoms with Crippen molar-refractivity contribution in [2.24, 2.45) is 5.92 Å². The fourth-order valence-corrected chi connectivity index (χ4v) is 3.26. The summed E-state index contributed by atoms with van der Waals surface area (Å²) in [7, 11) is 0. The monoisotopic (exact) mass is 290 g/mol. The largest absolute Gasteiger partial charge is 0.478 e. The molecule has 0 amide bonds. The number of hydrogen-bond donors (Lipinski definition) is 2. The number of hydrogen-bond acceptors (Lipinski definition) is 3. The highest BCUT2D eigenvalue weighted by Gasteiger charge is 2.19. The molecule has 2 rings (SSSR count). The lowest BCUT2D eigenvalue weighted by atomic mass is 9.96. The summed E-state index contributed by atoms with van der Waals surface area (Å²) in [4.78, 5) is 13.6. The van der Waals surface area contributed by atoms with Crippen LogP contribution in [-0.4, -0.2) is 24.2 Å². The molecule has 21 heavy (non-hydrogen) atoms. The van der Waals surface area contributed by atoms with Gasteiger partial charge in [-0.1, -0.05) is 19.8 Å². The second-order valence-electron chi connectivity index (χ2n) is 6.10. The number of rotatable bonds is 4. The third-order valence-corrected chi connectivity index (χ3v) is 4.51. The molecule has 0 aromatic heterocycles. The average molecular weight is 290 g/mol. The van der Waals surface area contributed by atoms with Crippen LogP contribution in [0.4, 0.5) is 11.4 Å². The van der Waals surface area contributed by atoms with Gasteiger partial charge in [-0.05, 0) is 49.8 Å². The Balaban J connectivity index is 2.20. The first kappa shape index (κ1) is 15.7. The Morgan fingerprint density at radius 1 is 1.38 bits per heavy atom. The number of nitrogens with zero attached hydrogens (tertiary/aromatic N) is 1. The van der Waals surface area contributed by atoms with Crippen molar-refractivity contribution >= 4 is 17.3 Å². The summed E-state index contributed by atoms with van der Waals surface area (Å²) in [6, 6.07) is 3.74. The van der Waals surface area contributed by atoms with E-state index >= 15 is 0 Å². The van der Waals surface area contributed by atoms with Crippen molar-refractivity contribution < 1.29 is 9.90 Å². The molecule has 0 spiro atoms. The average Bonchev–Trinajstić information content (AvgIpc) is 2.67. The van der Waals surface area contributed by atoms with Gasteiger partial charge in [0.1, 0.15) is 0 Å². The van der Waals surface area contributed by atoms with E-state index in [0.29, 0.717) is 5.69 Å². The van der Waals surface area contributed by atoms with Gasteiger partial charge in [0.2, 0.25) is 0 Å². The number of carbonyl (C=O) groups is 1. The minimum atomic E-state index is -0.948. The lowest BCUT2D eigenvalue weighted by Crippen LogP contribution is -2.25. The van der Waals surface area contributed by atoms with Gasteiger partial charge in [0, 0.05) is 24.5 Å². The SMILES string of the molecule is CCCC1CCCN(c2cc(C)c(N)c(C(=O)O)c2)CC1. The molecule has 0 bridgehead atoms. The molecule has 1 aromatic rings. The van der Waals surface area contributed by atoms with Crippen LogP contribution in [0.15, 0.2) is 12.1 Å². The van der Waals surface area contributed by atoms with Crippen LogP contribution in [-0.2, 0) is 0 Å². The third-order valence-electron chi connectivity index (χ3n) is 4.51. The second kappa shape index (κ2) is 6.83. The van der Waals surface area contributed by atoms with Crippen LogP contribution in [0.3, 0.4) is 0 Å². The fraction of sp³-hybridized carbons (Fsp3) is 0.588. The quantitative estimate of drug-likeness (QED) is 0.830. The molecule has 1 aromatic carbocycles. The summed E-state index contributed by atoms with van der Waals surface area (Å²) in [6.45, 7) is 6.13. The third kappa shape index (κ3) is 3.69. The van der Waals surface area contributed by atoms with E-state index in [9.17, 15) is 9.90 Å². The van der Waals surface area contributed by atoms with Crippen LogP contribution in [0.25, 0.3) is 0 Å². The molecule has 0 saturated carbocycles. The molecule has 116 valence electrons. The minimum absolute atomic E-state index is 0.222. The summed E-state index contributed by atoms with van der Waals surface area (Å²) in [5, 5.41) is 9.28. The van der Waals surface area contributed by atoms with Gasteiger partial charge in [0.25, 0.3) is 0 Å². The molecule has 0 aliphatic carbocycles. The van der Waals surface area contributed by atoms with Crippen LogP contribution in [0.2, 0.25) is 0 Å². The molecule has 0 radical (unpaired) electrons. The number of carboxylic acid groups (broad SMARTS) is 1. The summed E-state index contributed by atoms with van der Waals surface area (Å²) >= 11 is 0. The number of nitrogen functional groups attached to an aromatic ring is 1. The van der Waals surface area contributed by atoms with E-state index in [-0.39, 0.29) is 5.56 Å². The van der Waals surface area contributed by atoms with Gasteiger partial charge in [0.15, 0.2) is 0 Å². The van der Waals surface area contributed by atoms with Crippen molar-refractivity contribution in [3.8, 4) is 0 Å². The molecule has 1 fully saturated rings. The molecule has 1 unspecified atom stereocenters. The Bertz CT molecular complexity index is 514. The van der Waals surface area contributed by atoms with Gasteiger partial charge in [-0.2, -0.15) is 0 Å². The maximum atomic E-state index is 11.3. The Labute approximate surface area is 126 Å². The standard InChI is InChI=1S/C17H26N2O2/c1-3-5-13-6-4-8-19(9-7-13)14-10-12(2)16(18)15(11-14)17(20)21/h10-11,13H,3-9,18H2,1-2H3,(H,20,21). The molecular weight excluding hydrogens is 264 g/mol. The molecule has 1 heterocycles. The molecular formula is C17H26N2O2. The van der Waals surface area contributed by atoms with E-state index < -0.39 is 5.97 Å². The zero-order chi connectivity index (χ0) is 15.4. The van der Waals surface area contributed by atoms with Crippen molar-refractivity contribution in [1.29, 1.82) is 0 Å². The van der Waals surface area contributed by atoms with E-state index in [1.807, 2.05) is 13.0 Å². The topological polar surface area (TPSA) is 66.6 Å². The highest BCUT2D eigenvalue weighted by atomic mass is 16.4. The lowest BCUT2D eigenvalue weighted by Gasteiger charge is -2.24. The van der Waals surface area contributed by atoms with Crippen molar-refractivity contribution in [2.75, 3.05) is 23.7 Å². The number of benzene rings is 1. The highest BCUT2D eigenvalue weighted by molar-refractivity contribution is 5.95. The van der Waals surface area contributed by atoms with E-state index in [1.54, 1.807) is 6.07 Å². The molecule has 1 aliphatic rings. The molecule has 4 nitrogen and oxygen atoms in total. The van der Waals surface area contributed by atoms with E-state index in [0.717, 1.165) is 30.3 Å². The van der Waals surface area contributed by atoms with Crippen LogP contribution in [0.5, 0.6) is 0 Å². The first-order valence-electron chi connectivity index (χ1n) is 7.91. The lowest BCUT2D eigenvalue weighted by molar-refractivity contribution is 0.0698. The van der Waals surface area contributed by atoms with Crippen molar-refractivity contribution in [2.45, 2.75) is 46.0 Å². The first-order chi connectivity index (χ1) is 10.0. The minimum Gasteiger partial charge on any atom is -0.478 e. The van der Waals surface area contributed by atoms with Gasteiger partial charge < -0.3 is 15.7 Å². The molecule has 1 atom stereocenters. The Kier molecular flexibility index (Phi) is 5.10. The zero-order valence-electron chi connectivity index (χ0n) is 13.1. The van der Waals surface area contributed by atoms with Crippen molar-refractivity contribution in [3.05, 3.63) is 23.3 Å². The number of carboxylic acids is 1. The predicted molar refractivity (Wildman–Crippen MR) is 87.0 cm³/mol. The van der Waals surface area contributed by atoms with E-state index in [1.165, 1.54) is 32.1 Å². The van der Waals surface area contributed by atoms with Gasteiger partial charge in [-0.15, -0.1) is 0 Å².